The molecule has 2 N–H and O–H groups in total. The van der Waals surface area contributed by atoms with Crippen LogP contribution in [-0.2, 0) is 0 Å². The maximum Gasteiger partial charge on any atom is 0.0599 e. The minimum absolute atomic E-state index is 0.212. The summed E-state index contributed by atoms with van der Waals surface area (Å²) in [6.07, 6.45) is 0. The number of nitrogens with two attached hydrogens (primary N) is 1. The number of benzene rings is 2. The van der Waals surface area contributed by atoms with Crippen molar-refractivity contribution in [2.24, 2.45) is 5.73 Å². The zero-order chi connectivity index (χ0) is 14.6. The molecule has 0 heterocycles. The molecule has 2 heteroatoms. The highest BCUT2D eigenvalue weighted by molar-refractivity contribution is 5.31. The Balaban J connectivity index is 2.35. The standard InChI is InChI=1S/C18H24N2/c1-18(2,19)14-20(3)17(15-10-6-4-7-11-15)16-12-8-5-9-13-16/h4-13,17H,14,19H2,1-3H3. The van der Waals surface area contributed by atoms with Crippen molar-refractivity contribution in [1.82, 2.24) is 4.90 Å². The number of rotatable bonds is 5. The fourth-order valence-corrected chi connectivity index (χ4v) is 2.71. The highest BCUT2D eigenvalue weighted by atomic mass is 15.1. The second kappa shape index (κ2) is 6.21. The molecule has 0 bridgehead atoms. The smallest absolute Gasteiger partial charge is 0.0599 e. The lowest BCUT2D eigenvalue weighted by Gasteiger charge is -2.34. The minimum Gasteiger partial charge on any atom is -0.324 e. The molecule has 2 aromatic rings. The number of nitrogens with zero attached hydrogens (tertiary/aromatic N) is 1. The van der Waals surface area contributed by atoms with Crippen molar-refractivity contribution in [1.29, 1.82) is 0 Å². The molecule has 0 amide bonds. The summed E-state index contributed by atoms with van der Waals surface area (Å²) in [7, 11) is 2.14. The summed E-state index contributed by atoms with van der Waals surface area (Å²) in [5, 5.41) is 0. The first-order valence-corrected chi connectivity index (χ1v) is 7.06. The molecule has 0 saturated heterocycles. The maximum absolute atomic E-state index is 6.19. The number of hydrogen-bond acceptors (Lipinski definition) is 2. The molecule has 0 atom stereocenters. The van der Waals surface area contributed by atoms with Crippen LogP contribution in [0.1, 0.15) is 31.0 Å². The fourth-order valence-electron chi connectivity index (χ4n) is 2.71. The predicted molar refractivity (Wildman–Crippen MR) is 85.6 cm³/mol. The Kier molecular flexibility index (Phi) is 4.58. The van der Waals surface area contributed by atoms with Crippen LogP contribution in [0, 0.1) is 0 Å². The highest BCUT2D eigenvalue weighted by Crippen LogP contribution is 2.28. The van der Waals surface area contributed by atoms with Gasteiger partial charge in [-0.2, -0.15) is 0 Å². The quantitative estimate of drug-likeness (QED) is 0.900. The van der Waals surface area contributed by atoms with E-state index in [0.717, 1.165) is 6.54 Å². The third-order valence-corrected chi connectivity index (χ3v) is 3.33. The summed E-state index contributed by atoms with van der Waals surface area (Å²) in [6, 6.07) is 21.4. The van der Waals surface area contributed by atoms with Crippen LogP contribution < -0.4 is 5.73 Å². The van der Waals surface area contributed by atoms with Gasteiger partial charge in [-0.25, -0.2) is 0 Å². The normalized spacial score (nSPS) is 12.1. The van der Waals surface area contributed by atoms with Gasteiger partial charge in [0.15, 0.2) is 0 Å². The third-order valence-electron chi connectivity index (χ3n) is 3.33. The average Bonchev–Trinajstić information content (AvgIpc) is 2.39. The van der Waals surface area contributed by atoms with Crippen LogP contribution >= 0.6 is 0 Å². The van der Waals surface area contributed by atoms with Gasteiger partial charge in [0, 0.05) is 12.1 Å². The molecule has 0 aromatic heterocycles. The van der Waals surface area contributed by atoms with E-state index in [0.29, 0.717) is 0 Å². The van der Waals surface area contributed by atoms with Crippen LogP contribution in [-0.4, -0.2) is 24.0 Å². The van der Waals surface area contributed by atoms with Crippen LogP contribution in [0.5, 0.6) is 0 Å². The van der Waals surface area contributed by atoms with Crippen molar-refractivity contribution >= 4 is 0 Å². The Morgan fingerprint density at radius 3 is 1.65 bits per heavy atom. The van der Waals surface area contributed by atoms with E-state index in [1.165, 1.54) is 11.1 Å². The van der Waals surface area contributed by atoms with Crippen molar-refractivity contribution in [3.05, 3.63) is 71.8 Å². The summed E-state index contributed by atoms with van der Waals surface area (Å²) in [5.74, 6) is 0. The van der Waals surface area contributed by atoms with E-state index in [-0.39, 0.29) is 11.6 Å². The van der Waals surface area contributed by atoms with E-state index in [4.69, 9.17) is 5.73 Å². The molecule has 0 fully saturated rings. The van der Waals surface area contributed by atoms with Gasteiger partial charge in [0.1, 0.15) is 0 Å². The zero-order valence-corrected chi connectivity index (χ0v) is 12.6. The SMILES string of the molecule is CN(CC(C)(C)N)C(c1ccccc1)c1ccccc1. The van der Waals surface area contributed by atoms with E-state index >= 15 is 0 Å². The van der Waals surface area contributed by atoms with Crippen molar-refractivity contribution < 1.29 is 0 Å². The lowest BCUT2D eigenvalue weighted by atomic mass is 9.95. The Labute approximate surface area is 122 Å². The van der Waals surface area contributed by atoms with Crippen molar-refractivity contribution in [3.63, 3.8) is 0 Å². The van der Waals surface area contributed by atoms with Gasteiger partial charge in [0.25, 0.3) is 0 Å². The Morgan fingerprint density at radius 1 is 0.900 bits per heavy atom. The molecule has 20 heavy (non-hydrogen) atoms. The van der Waals surface area contributed by atoms with Gasteiger partial charge in [-0.05, 0) is 32.0 Å². The monoisotopic (exact) mass is 268 g/mol. The maximum atomic E-state index is 6.19. The van der Waals surface area contributed by atoms with Crippen LogP contribution in [0.4, 0.5) is 0 Å². The molecule has 0 spiro atoms. The summed E-state index contributed by atoms with van der Waals surface area (Å²) >= 11 is 0. The molecule has 0 radical (unpaired) electrons. The molecule has 2 nitrogen and oxygen atoms in total. The lowest BCUT2D eigenvalue weighted by Crippen LogP contribution is -2.45. The van der Waals surface area contributed by atoms with Gasteiger partial charge < -0.3 is 5.73 Å². The molecule has 0 aliphatic rings. The number of likely N-dealkylation sites (N-methyl/N-ethyl adjacent to an activating group) is 1. The van der Waals surface area contributed by atoms with Crippen LogP contribution in [0.3, 0.4) is 0 Å². The Bertz CT molecular complexity index is 475. The third kappa shape index (κ3) is 3.92. The lowest BCUT2D eigenvalue weighted by molar-refractivity contribution is 0.228. The van der Waals surface area contributed by atoms with Crippen molar-refractivity contribution in [2.45, 2.75) is 25.4 Å². The molecule has 2 aromatic carbocycles. The second-order valence-electron chi connectivity index (χ2n) is 6.13. The molecule has 0 unspecified atom stereocenters. The molecular formula is C18H24N2. The summed E-state index contributed by atoms with van der Waals surface area (Å²) in [5.41, 5.74) is 8.57. The summed E-state index contributed by atoms with van der Waals surface area (Å²) in [6.45, 7) is 4.97. The minimum atomic E-state index is -0.212. The van der Waals surface area contributed by atoms with Gasteiger partial charge in [-0.15, -0.1) is 0 Å². The van der Waals surface area contributed by atoms with Gasteiger partial charge >= 0.3 is 0 Å². The molecule has 0 aliphatic heterocycles. The largest absolute Gasteiger partial charge is 0.324 e. The van der Waals surface area contributed by atoms with Crippen molar-refractivity contribution in [2.75, 3.05) is 13.6 Å². The molecule has 106 valence electrons. The first kappa shape index (κ1) is 14.8. The Morgan fingerprint density at radius 2 is 1.30 bits per heavy atom. The molecular weight excluding hydrogens is 244 g/mol. The van der Waals surface area contributed by atoms with Crippen LogP contribution in [0.15, 0.2) is 60.7 Å². The highest BCUT2D eigenvalue weighted by Gasteiger charge is 2.23. The summed E-state index contributed by atoms with van der Waals surface area (Å²) < 4.78 is 0. The summed E-state index contributed by atoms with van der Waals surface area (Å²) in [4.78, 5) is 2.32. The van der Waals surface area contributed by atoms with Crippen LogP contribution in [0.2, 0.25) is 0 Å². The first-order valence-electron chi connectivity index (χ1n) is 7.06. The van der Waals surface area contributed by atoms with Gasteiger partial charge in [0.05, 0.1) is 6.04 Å². The van der Waals surface area contributed by atoms with Crippen LogP contribution in [0.25, 0.3) is 0 Å². The van der Waals surface area contributed by atoms with Gasteiger partial charge in [-0.3, -0.25) is 4.90 Å². The zero-order valence-electron chi connectivity index (χ0n) is 12.6. The van der Waals surface area contributed by atoms with E-state index in [1.807, 2.05) is 0 Å². The first-order chi connectivity index (χ1) is 9.47. The fraction of sp³-hybridized carbons (Fsp3) is 0.333. The predicted octanol–water partition coefficient (Wildman–Crippen LogP) is 3.45. The van der Waals surface area contributed by atoms with E-state index < -0.39 is 0 Å². The van der Waals surface area contributed by atoms with E-state index in [1.54, 1.807) is 0 Å². The van der Waals surface area contributed by atoms with Gasteiger partial charge in [0.2, 0.25) is 0 Å². The average molecular weight is 268 g/mol. The second-order valence-corrected chi connectivity index (χ2v) is 6.13. The van der Waals surface area contributed by atoms with E-state index in [9.17, 15) is 0 Å². The number of hydrogen-bond donors (Lipinski definition) is 1. The Hall–Kier alpha value is -1.64. The van der Waals surface area contributed by atoms with Crippen molar-refractivity contribution in [3.8, 4) is 0 Å². The topological polar surface area (TPSA) is 29.3 Å². The van der Waals surface area contributed by atoms with E-state index in [2.05, 4.69) is 86.5 Å². The molecule has 0 aliphatic carbocycles. The van der Waals surface area contributed by atoms with Gasteiger partial charge in [-0.1, -0.05) is 60.7 Å². The molecule has 2 rings (SSSR count). The molecule has 0 saturated carbocycles.